The van der Waals surface area contributed by atoms with Gasteiger partial charge in [-0.3, -0.25) is 0 Å². The van der Waals surface area contributed by atoms with E-state index in [0.29, 0.717) is 19.8 Å². The summed E-state index contributed by atoms with van der Waals surface area (Å²) in [5.41, 5.74) is 5.68. The van der Waals surface area contributed by atoms with Crippen LogP contribution in [0.25, 0.3) is 0 Å². The van der Waals surface area contributed by atoms with E-state index >= 15 is 0 Å². The zero-order valence-corrected chi connectivity index (χ0v) is 11.5. The first-order chi connectivity index (χ1) is 8.83. The van der Waals surface area contributed by atoms with E-state index in [4.69, 9.17) is 15.2 Å². The van der Waals surface area contributed by atoms with Gasteiger partial charge in [0, 0.05) is 6.54 Å². The van der Waals surface area contributed by atoms with Gasteiger partial charge in [0.15, 0.2) is 0 Å². The van der Waals surface area contributed by atoms with Crippen molar-refractivity contribution in [1.29, 1.82) is 0 Å². The summed E-state index contributed by atoms with van der Waals surface area (Å²) >= 11 is 0. The van der Waals surface area contributed by atoms with Crippen molar-refractivity contribution in [1.82, 2.24) is 4.90 Å². The topological polar surface area (TPSA) is 47.7 Å². The van der Waals surface area contributed by atoms with E-state index in [2.05, 4.69) is 16.7 Å². The van der Waals surface area contributed by atoms with Crippen molar-refractivity contribution in [3.05, 3.63) is 0 Å². The van der Waals surface area contributed by atoms with Crippen molar-refractivity contribution in [2.24, 2.45) is 5.73 Å². The van der Waals surface area contributed by atoms with E-state index in [-0.39, 0.29) is 6.04 Å². The Morgan fingerprint density at radius 3 is 2.56 bits per heavy atom. The molecule has 0 amide bonds. The Morgan fingerprint density at radius 2 is 1.83 bits per heavy atom. The molecule has 1 atom stereocenters. The first kappa shape index (κ1) is 15.5. The van der Waals surface area contributed by atoms with Crippen molar-refractivity contribution in [3.63, 3.8) is 0 Å². The smallest absolute Gasteiger partial charge is 0.0901 e. The van der Waals surface area contributed by atoms with Gasteiger partial charge in [0.1, 0.15) is 0 Å². The Balaban J connectivity index is 1.84. The molecule has 1 aliphatic rings. The minimum atomic E-state index is -0.177. The number of likely N-dealkylation sites (tertiary alicyclic amines) is 1. The fourth-order valence-electron chi connectivity index (χ4n) is 2.03. The Hall–Kier alpha value is -0.600. The fourth-order valence-corrected chi connectivity index (χ4v) is 2.03. The van der Waals surface area contributed by atoms with E-state index in [9.17, 15) is 0 Å². The second-order valence-electron chi connectivity index (χ2n) is 4.59. The average molecular weight is 254 g/mol. The second kappa shape index (κ2) is 10.3. The van der Waals surface area contributed by atoms with Crippen LogP contribution >= 0.6 is 0 Å². The summed E-state index contributed by atoms with van der Waals surface area (Å²) < 4.78 is 10.9. The normalized spacial score (nSPS) is 18.1. The van der Waals surface area contributed by atoms with Crippen LogP contribution in [-0.4, -0.2) is 57.0 Å². The molecule has 0 radical (unpaired) electrons. The van der Waals surface area contributed by atoms with E-state index in [0.717, 1.165) is 13.2 Å². The molecule has 0 saturated carbocycles. The Labute approximate surface area is 111 Å². The van der Waals surface area contributed by atoms with Gasteiger partial charge in [0.05, 0.1) is 32.5 Å². The fraction of sp³-hybridized carbons (Fsp3) is 0.857. The lowest BCUT2D eigenvalue weighted by Gasteiger charge is -2.26. The lowest BCUT2D eigenvalue weighted by molar-refractivity contribution is 0.0358. The SMILES string of the molecule is CC#CC(N)COCCOCCN1CCCCC1. The highest BCUT2D eigenvalue weighted by Crippen LogP contribution is 2.07. The predicted octanol–water partition coefficient (Wildman–Crippen LogP) is 0.856. The summed E-state index contributed by atoms with van der Waals surface area (Å²) in [7, 11) is 0. The molecule has 0 aromatic carbocycles. The molecule has 1 heterocycles. The molecule has 4 nitrogen and oxygen atoms in total. The molecule has 0 aliphatic carbocycles. The van der Waals surface area contributed by atoms with E-state index < -0.39 is 0 Å². The lowest BCUT2D eigenvalue weighted by Crippen LogP contribution is -2.33. The van der Waals surface area contributed by atoms with Gasteiger partial charge in [0.2, 0.25) is 0 Å². The predicted molar refractivity (Wildman–Crippen MR) is 73.4 cm³/mol. The average Bonchev–Trinajstić information content (AvgIpc) is 2.39. The van der Waals surface area contributed by atoms with Crippen molar-refractivity contribution < 1.29 is 9.47 Å². The third-order valence-corrected chi connectivity index (χ3v) is 3.00. The summed E-state index contributed by atoms with van der Waals surface area (Å²) in [6, 6.07) is -0.177. The number of nitrogens with zero attached hydrogens (tertiary/aromatic N) is 1. The minimum Gasteiger partial charge on any atom is -0.378 e. The maximum atomic E-state index is 5.68. The van der Waals surface area contributed by atoms with Gasteiger partial charge in [-0.1, -0.05) is 12.3 Å². The van der Waals surface area contributed by atoms with E-state index in [1.807, 2.05) is 0 Å². The van der Waals surface area contributed by atoms with Crippen molar-refractivity contribution in [2.75, 3.05) is 46.1 Å². The van der Waals surface area contributed by atoms with Gasteiger partial charge in [-0.2, -0.15) is 0 Å². The number of hydrogen-bond donors (Lipinski definition) is 1. The van der Waals surface area contributed by atoms with Crippen molar-refractivity contribution in [3.8, 4) is 11.8 Å². The monoisotopic (exact) mass is 254 g/mol. The van der Waals surface area contributed by atoms with Crippen molar-refractivity contribution in [2.45, 2.75) is 32.2 Å². The van der Waals surface area contributed by atoms with Gasteiger partial charge < -0.3 is 20.1 Å². The zero-order chi connectivity index (χ0) is 13.1. The van der Waals surface area contributed by atoms with Crippen molar-refractivity contribution >= 4 is 0 Å². The van der Waals surface area contributed by atoms with Crippen LogP contribution in [0.15, 0.2) is 0 Å². The highest BCUT2D eigenvalue weighted by molar-refractivity contribution is 5.03. The highest BCUT2D eigenvalue weighted by atomic mass is 16.5. The minimum absolute atomic E-state index is 0.177. The quantitative estimate of drug-likeness (QED) is 0.515. The van der Waals surface area contributed by atoms with Crippen LogP contribution in [0, 0.1) is 11.8 Å². The number of rotatable bonds is 8. The molecule has 4 heteroatoms. The molecular weight excluding hydrogens is 228 g/mol. The molecule has 1 aliphatic heterocycles. The van der Waals surface area contributed by atoms with Crippen LogP contribution in [0.3, 0.4) is 0 Å². The van der Waals surface area contributed by atoms with Crippen LogP contribution in [-0.2, 0) is 9.47 Å². The molecular formula is C14H26N2O2. The highest BCUT2D eigenvalue weighted by Gasteiger charge is 2.08. The largest absolute Gasteiger partial charge is 0.378 e. The Morgan fingerprint density at radius 1 is 1.11 bits per heavy atom. The van der Waals surface area contributed by atoms with E-state index in [1.54, 1.807) is 6.92 Å². The third-order valence-electron chi connectivity index (χ3n) is 3.00. The van der Waals surface area contributed by atoms with Gasteiger partial charge >= 0.3 is 0 Å². The van der Waals surface area contributed by atoms with E-state index in [1.165, 1.54) is 32.4 Å². The van der Waals surface area contributed by atoms with Gasteiger partial charge in [-0.05, 0) is 32.9 Å². The zero-order valence-electron chi connectivity index (χ0n) is 11.5. The summed E-state index contributed by atoms with van der Waals surface area (Å²) in [5, 5.41) is 0. The molecule has 0 spiro atoms. The summed E-state index contributed by atoms with van der Waals surface area (Å²) in [6.07, 6.45) is 4.05. The Bertz CT molecular complexity index is 254. The number of nitrogens with two attached hydrogens (primary N) is 1. The third kappa shape index (κ3) is 7.67. The summed E-state index contributed by atoms with van der Waals surface area (Å²) in [6.45, 7) is 7.79. The molecule has 104 valence electrons. The summed E-state index contributed by atoms with van der Waals surface area (Å²) in [5.74, 6) is 5.62. The first-order valence-corrected chi connectivity index (χ1v) is 6.88. The number of piperidine rings is 1. The van der Waals surface area contributed by atoms with Crippen LogP contribution < -0.4 is 5.73 Å². The maximum absolute atomic E-state index is 5.68. The molecule has 18 heavy (non-hydrogen) atoms. The molecule has 2 N–H and O–H groups in total. The second-order valence-corrected chi connectivity index (χ2v) is 4.59. The molecule has 1 rings (SSSR count). The standard InChI is InChI=1S/C14H26N2O2/c1-2-6-14(15)13-18-12-11-17-10-9-16-7-4-3-5-8-16/h14H,3-5,7-13,15H2,1H3. The summed E-state index contributed by atoms with van der Waals surface area (Å²) in [4.78, 5) is 2.47. The Kier molecular flexibility index (Phi) is 8.87. The molecule has 1 unspecified atom stereocenters. The van der Waals surface area contributed by atoms with Crippen LogP contribution in [0.5, 0.6) is 0 Å². The van der Waals surface area contributed by atoms with Gasteiger partial charge in [-0.15, -0.1) is 5.92 Å². The number of ether oxygens (including phenoxy) is 2. The van der Waals surface area contributed by atoms with Gasteiger partial charge in [0.25, 0.3) is 0 Å². The van der Waals surface area contributed by atoms with Crippen LogP contribution in [0.2, 0.25) is 0 Å². The lowest BCUT2D eigenvalue weighted by atomic mass is 10.1. The maximum Gasteiger partial charge on any atom is 0.0901 e. The molecule has 1 fully saturated rings. The molecule has 1 saturated heterocycles. The molecule has 0 aromatic heterocycles. The van der Waals surface area contributed by atoms with Crippen LogP contribution in [0.4, 0.5) is 0 Å². The molecule has 0 bridgehead atoms. The van der Waals surface area contributed by atoms with Gasteiger partial charge in [-0.25, -0.2) is 0 Å². The number of hydrogen-bond acceptors (Lipinski definition) is 4. The molecule has 0 aromatic rings. The first-order valence-electron chi connectivity index (χ1n) is 6.88. The van der Waals surface area contributed by atoms with Crippen LogP contribution in [0.1, 0.15) is 26.2 Å².